The Morgan fingerprint density at radius 1 is 1.61 bits per heavy atom. The van der Waals surface area contributed by atoms with Gasteiger partial charge in [0.2, 0.25) is 0 Å². The standard InChI is InChI=1S/C12H21N3OS2/c1-8(2)15-4-5-16-10(6-15)7-17-11-9(3)14-12(13)18-11/h8,10H,4-7H2,1-3H3,(H2,13,14). The SMILES string of the molecule is Cc1nc(N)sc1SCC1CN(C(C)C)CCO1. The molecule has 0 amide bonds. The zero-order chi connectivity index (χ0) is 13.1. The minimum Gasteiger partial charge on any atom is -0.375 e. The van der Waals surface area contributed by atoms with Crippen molar-refractivity contribution < 1.29 is 4.74 Å². The Bertz CT molecular complexity index is 395. The summed E-state index contributed by atoms with van der Waals surface area (Å²) < 4.78 is 7.04. The number of morpholine rings is 1. The normalized spacial score (nSPS) is 21.7. The van der Waals surface area contributed by atoms with Crippen LogP contribution in [0.25, 0.3) is 0 Å². The van der Waals surface area contributed by atoms with E-state index in [1.54, 1.807) is 11.3 Å². The Morgan fingerprint density at radius 2 is 2.39 bits per heavy atom. The van der Waals surface area contributed by atoms with Crippen molar-refractivity contribution in [3.8, 4) is 0 Å². The average Bonchev–Trinajstić information content (AvgIpc) is 2.65. The molecule has 2 heterocycles. The number of anilines is 1. The Balaban J connectivity index is 1.84. The van der Waals surface area contributed by atoms with E-state index in [9.17, 15) is 0 Å². The second-order valence-corrected chi connectivity index (χ2v) is 7.14. The fourth-order valence-corrected chi connectivity index (χ4v) is 4.07. The van der Waals surface area contributed by atoms with Crippen LogP contribution < -0.4 is 5.73 Å². The summed E-state index contributed by atoms with van der Waals surface area (Å²) >= 11 is 3.38. The van der Waals surface area contributed by atoms with Crippen molar-refractivity contribution in [3.05, 3.63) is 5.69 Å². The molecule has 1 unspecified atom stereocenters. The van der Waals surface area contributed by atoms with Crippen LogP contribution in [-0.4, -0.2) is 47.5 Å². The maximum Gasteiger partial charge on any atom is 0.181 e. The fourth-order valence-electron chi connectivity index (χ4n) is 2.02. The van der Waals surface area contributed by atoms with Gasteiger partial charge in [-0.3, -0.25) is 4.90 Å². The zero-order valence-electron chi connectivity index (χ0n) is 11.2. The van der Waals surface area contributed by atoms with Gasteiger partial charge >= 0.3 is 0 Å². The molecule has 0 bridgehead atoms. The van der Waals surface area contributed by atoms with Gasteiger partial charge in [0.1, 0.15) is 0 Å². The molecule has 0 radical (unpaired) electrons. The Morgan fingerprint density at radius 3 is 3.00 bits per heavy atom. The maximum atomic E-state index is 5.82. The lowest BCUT2D eigenvalue weighted by Crippen LogP contribution is -2.46. The molecule has 1 aromatic heterocycles. The van der Waals surface area contributed by atoms with Gasteiger partial charge in [-0.1, -0.05) is 11.3 Å². The molecule has 0 aliphatic carbocycles. The largest absolute Gasteiger partial charge is 0.375 e. The summed E-state index contributed by atoms with van der Waals surface area (Å²) in [6, 6.07) is 0.599. The summed E-state index contributed by atoms with van der Waals surface area (Å²) in [5, 5.41) is 0.656. The fraction of sp³-hybridized carbons (Fsp3) is 0.750. The summed E-state index contributed by atoms with van der Waals surface area (Å²) in [6.45, 7) is 9.40. The molecule has 1 atom stereocenters. The van der Waals surface area contributed by atoms with E-state index >= 15 is 0 Å². The monoisotopic (exact) mass is 287 g/mol. The molecule has 1 aliphatic rings. The van der Waals surface area contributed by atoms with Crippen LogP contribution in [0.1, 0.15) is 19.5 Å². The van der Waals surface area contributed by atoms with E-state index in [0.717, 1.165) is 31.1 Å². The Kier molecular flexibility index (Phi) is 4.89. The van der Waals surface area contributed by atoms with Crippen molar-refractivity contribution in [1.29, 1.82) is 0 Å². The molecular formula is C12H21N3OS2. The van der Waals surface area contributed by atoms with Crippen molar-refractivity contribution >= 4 is 28.2 Å². The number of thiazole rings is 1. The van der Waals surface area contributed by atoms with E-state index in [1.807, 2.05) is 18.7 Å². The number of nitrogens with two attached hydrogens (primary N) is 1. The van der Waals surface area contributed by atoms with Crippen molar-refractivity contribution in [2.45, 2.75) is 37.1 Å². The molecule has 1 saturated heterocycles. The highest BCUT2D eigenvalue weighted by atomic mass is 32.2. The smallest absolute Gasteiger partial charge is 0.181 e. The third-order valence-corrected chi connectivity index (χ3v) is 5.55. The van der Waals surface area contributed by atoms with Crippen LogP contribution in [0.3, 0.4) is 0 Å². The van der Waals surface area contributed by atoms with E-state index < -0.39 is 0 Å². The lowest BCUT2D eigenvalue weighted by Gasteiger charge is -2.35. The number of nitrogens with zero attached hydrogens (tertiary/aromatic N) is 2. The molecule has 1 aliphatic heterocycles. The first-order chi connectivity index (χ1) is 8.56. The van der Waals surface area contributed by atoms with Gasteiger partial charge in [0.25, 0.3) is 0 Å². The summed E-state index contributed by atoms with van der Waals surface area (Å²) in [5.41, 5.74) is 6.75. The van der Waals surface area contributed by atoms with E-state index in [1.165, 1.54) is 4.21 Å². The minimum absolute atomic E-state index is 0.314. The number of aryl methyl sites for hydroxylation is 1. The third kappa shape index (κ3) is 3.60. The zero-order valence-corrected chi connectivity index (χ0v) is 12.8. The highest BCUT2D eigenvalue weighted by Crippen LogP contribution is 2.31. The maximum absolute atomic E-state index is 5.82. The summed E-state index contributed by atoms with van der Waals surface area (Å²) in [5.74, 6) is 0.978. The molecule has 1 fully saturated rings. The van der Waals surface area contributed by atoms with Crippen molar-refractivity contribution in [3.63, 3.8) is 0 Å². The molecule has 1 aromatic rings. The number of hydrogen-bond donors (Lipinski definition) is 1. The third-order valence-electron chi connectivity index (χ3n) is 3.07. The molecule has 2 rings (SSSR count). The van der Waals surface area contributed by atoms with Crippen molar-refractivity contribution in [2.24, 2.45) is 0 Å². The van der Waals surface area contributed by atoms with Gasteiger partial charge < -0.3 is 10.5 Å². The van der Waals surface area contributed by atoms with E-state index in [0.29, 0.717) is 17.3 Å². The van der Waals surface area contributed by atoms with Gasteiger partial charge in [-0.05, 0) is 20.8 Å². The molecule has 2 N–H and O–H groups in total. The van der Waals surface area contributed by atoms with Crippen LogP contribution in [0, 0.1) is 6.92 Å². The van der Waals surface area contributed by atoms with Gasteiger partial charge in [-0.15, -0.1) is 11.8 Å². The predicted octanol–water partition coefficient (Wildman–Crippen LogP) is 2.24. The number of aromatic nitrogens is 1. The van der Waals surface area contributed by atoms with Crippen LogP contribution in [-0.2, 0) is 4.74 Å². The van der Waals surface area contributed by atoms with Crippen LogP contribution in [0.2, 0.25) is 0 Å². The van der Waals surface area contributed by atoms with Gasteiger partial charge in [0.05, 0.1) is 22.6 Å². The van der Waals surface area contributed by atoms with Crippen LogP contribution in [0.4, 0.5) is 5.13 Å². The quantitative estimate of drug-likeness (QED) is 0.861. The van der Waals surface area contributed by atoms with Crippen LogP contribution >= 0.6 is 23.1 Å². The molecule has 0 aromatic carbocycles. The number of rotatable bonds is 4. The molecule has 6 heteroatoms. The van der Waals surface area contributed by atoms with Gasteiger partial charge in [0.15, 0.2) is 5.13 Å². The van der Waals surface area contributed by atoms with Gasteiger partial charge in [-0.2, -0.15) is 0 Å². The number of nitrogen functional groups attached to an aromatic ring is 1. The molecule has 18 heavy (non-hydrogen) atoms. The topological polar surface area (TPSA) is 51.4 Å². The van der Waals surface area contributed by atoms with E-state index in [-0.39, 0.29) is 0 Å². The first-order valence-electron chi connectivity index (χ1n) is 6.27. The number of ether oxygens (including phenoxy) is 1. The summed E-state index contributed by atoms with van der Waals surface area (Å²) in [4.78, 5) is 6.72. The first-order valence-corrected chi connectivity index (χ1v) is 8.08. The average molecular weight is 287 g/mol. The van der Waals surface area contributed by atoms with E-state index in [2.05, 4.69) is 23.7 Å². The van der Waals surface area contributed by atoms with Gasteiger partial charge in [-0.25, -0.2) is 4.98 Å². The van der Waals surface area contributed by atoms with Crippen LogP contribution in [0.15, 0.2) is 4.21 Å². The highest BCUT2D eigenvalue weighted by Gasteiger charge is 2.22. The minimum atomic E-state index is 0.314. The molecule has 0 saturated carbocycles. The lowest BCUT2D eigenvalue weighted by molar-refractivity contribution is -0.0265. The molecule has 102 valence electrons. The second-order valence-electron chi connectivity index (χ2n) is 4.82. The summed E-state index contributed by atoms with van der Waals surface area (Å²) in [6.07, 6.45) is 0.314. The highest BCUT2D eigenvalue weighted by molar-refractivity contribution is 8.01. The van der Waals surface area contributed by atoms with Crippen molar-refractivity contribution in [1.82, 2.24) is 9.88 Å². The Labute approximate surface area is 117 Å². The number of hydrogen-bond acceptors (Lipinski definition) is 6. The molecule has 4 nitrogen and oxygen atoms in total. The second kappa shape index (κ2) is 6.23. The molecular weight excluding hydrogens is 266 g/mol. The first kappa shape index (κ1) is 14.1. The molecule has 0 spiro atoms. The van der Waals surface area contributed by atoms with E-state index in [4.69, 9.17) is 10.5 Å². The summed E-state index contributed by atoms with van der Waals surface area (Å²) in [7, 11) is 0. The van der Waals surface area contributed by atoms with Crippen molar-refractivity contribution in [2.75, 3.05) is 31.2 Å². The Hall–Kier alpha value is -0.300. The number of thioether (sulfide) groups is 1. The van der Waals surface area contributed by atoms with Gasteiger partial charge in [0, 0.05) is 24.9 Å². The lowest BCUT2D eigenvalue weighted by atomic mass is 10.2. The van der Waals surface area contributed by atoms with Crippen LogP contribution in [0.5, 0.6) is 0 Å². The predicted molar refractivity (Wildman–Crippen MR) is 78.4 cm³/mol.